The number of benzene rings is 1. The number of nitrogens with two attached hydrogens (primary N) is 1. The highest BCUT2D eigenvalue weighted by Crippen LogP contribution is 2.31. The predicted octanol–water partition coefficient (Wildman–Crippen LogP) is 2.39. The van der Waals surface area contributed by atoms with Crippen LogP contribution in [-0.2, 0) is 4.79 Å². The number of ether oxygens (including phenoxy) is 1. The summed E-state index contributed by atoms with van der Waals surface area (Å²) in [6, 6.07) is 4.78. The first kappa shape index (κ1) is 14.7. The molecule has 0 saturated heterocycles. The van der Waals surface area contributed by atoms with Crippen LogP contribution in [0.3, 0.4) is 0 Å². The Morgan fingerprint density at radius 2 is 2.10 bits per heavy atom. The van der Waals surface area contributed by atoms with Crippen LogP contribution < -0.4 is 15.8 Å². The molecule has 2 rings (SSSR count). The lowest BCUT2D eigenvalue weighted by molar-refractivity contribution is -0.117. The molecule has 1 amide bonds. The number of amides is 1. The van der Waals surface area contributed by atoms with E-state index in [1.165, 1.54) is 19.6 Å². The number of hydrogen-bond acceptors (Lipinski definition) is 4. The molecule has 0 atom stereocenters. The molecule has 1 aliphatic rings. The van der Waals surface area contributed by atoms with E-state index >= 15 is 0 Å². The summed E-state index contributed by atoms with van der Waals surface area (Å²) >= 11 is 0. The second-order valence-corrected chi connectivity index (χ2v) is 5.53. The van der Waals surface area contributed by atoms with Gasteiger partial charge in [0, 0.05) is 18.0 Å². The third-order valence-corrected chi connectivity index (χ3v) is 3.84. The molecule has 20 heavy (non-hydrogen) atoms. The van der Waals surface area contributed by atoms with E-state index in [4.69, 9.17) is 10.5 Å². The lowest BCUT2D eigenvalue weighted by Crippen LogP contribution is -2.44. The van der Waals surface area contributed by atoms with Crippen molar-refractivity contribution in [3.05, 3.63) is 18.2 Å². The average Bonchev–Trinajstić information content (AvgIpc) is 2.41. The minimum Gasteiger partial charge on any atom is -0.506 e. The Hall–Kier alpha value is -1.75. The average molecular weight is 278 g/mol. The van der Waals surface area contributed by atoms with Crippen LogP contribution in [0.15, 0.2) is 18.2 Å². The Kier molecular flexibility index (Phi) is 4.49. The zero-order chi connectivity index (χ0) is 14.6. The van der Waals surface area contributed by atoms with E-state index in [1.54, 1.807) is 12.1 Å². The molecular weight excluding hydrogens is 256 g/mol. The molecule has 1 aromatic carbocycles. The first-order valence-electron chi connectivity index (χ1n) is 6.98. The van der Waals surface area contributed by atoms with Crippen molar-refractivity contribution in [3.8, 4) is 11.5 Å². The Morgan fingerprint density at radius 1 is 1.40 bits per heavy atom. The smallest absolute Gasteiger partial charge is 0.226 e. The van der Waals surface area contributed by atoms with E-state index in [-0.39, 0.29) is 11.7 Å². The standard InChI is InChI=1S/C15H22N2O3/c1-20-11-5-6-12(13(18)9-11)17-14(19)10-15(16)7-3-2-4-8-15/h5-6,9,18H,2-4,7-8,10,16H2,1H3,(H,17,19). The van der Waals surface area contributed by atoms with Gasteiger partial charge in [-0.25, -0.2) is 0 Å². The lowest BCUT2D eigenvalue weighted by Gasteiger charge is -2.32. The van der Waals surface area contributed by atoms with Gasteiger partial charge in [-0.3, -0.25) is 4.79 Å². The third kappa shape index (κ3) is 3.63. The molecule has 5 heteroatoms. The van der Waals surface area contributed by atoms with Crippen molar-refractivity contribution in [1.82, 2.24) is 0 Å². The minimum atomic E-state index is -0.398. The second-order valence-electron chi connectivity index (χ2n) is 5.53. The van der Waals surface area contributed by atoms with Crippen molar-refractivity contribution in [1.29, 1.82) is 0 Å². The molecular formula is C15H22N2O3. The fourth-order valence-corrected chi connectivity index (χ4v) is 2.69. The van der Waals surface area contributed by atoms with Crippen LogP contribution in [-0.4, -0.2) is 23.7 Å². The van der Waals surface area contributed by atoms with Gasteiger partial charge in [-0.2, -0.15) is 0 Å². The third-order valence-electron chi connectivity index (χ3n) is 3.84. The molecule has 0 radical (unpaired) electrons. The fraction of sp³-hybridized carbons (Fsp3) is 0.533. The molecule has 1 saturated carbocycles. The quantitative estimate of drug-likeness (QED) is 0.738. The van der Waals surface area contributed by atoms with Gasteiger partial charge in [0.1, 0.15) is 11.5 Å². The van der Waals surface area contributed by atoms with Crippen LogP contribution in [0.5, 0.6) is 11.5 Å². The number of carbonyl (C=O) groups excluding carboxylic acids is 1. The van der Waals surface area contributed by atoms with Crippen molar-refractivity contribution < 1.29 is 14.6 Å². The summed E-state index contributed by atoms with van der Waals surface area (Å²) in [4.78, 5) is 12.1. The largest absolute Gasteiger partial charge is 0.506 e. The van der Waals surface area contributed by atoms with Crippen molar-refractivity contribution >= 4 is 11.6 Å². The maximum Gasteiger partial charge on any atom is 0.226 e. The number of anilines is 1. The van der Waals surface area contributed by atoms with Gasteiger partial charge in [-0.05, 0) is 25.0 Å². The van der Waals surface area contributed by atoms with Crippen LogP contribution in [0.25, 0.3) is 0 Å². The molecule has 110 valence electrons. The summed E-state index contributed by atoms with van der Waals surface area (Å²) in [5, 5.41) is 12.5. The van der Waals surface area contributed by atoms with Crippen LogP contribution in [0.2, 0.25) is 0 Å². The highest BCUT2D eigenvalue weighted by molar-refractivity contribution is 5.93. The van der Waals surface area contributed by atoms with E-state index in [2.05, 4.69) is 5.32 Å². The topological polar surface area (TPSA) is 84.6 Å². The molecule has 5 nitrogen and oxygen atoms in total. The second kappa shape index (κ2) is 6.13. The first-order valence-corrected chi connectivity index (χ1v) is 6.98. The summed E-state index contributed by atoms with van der Waals surface area (Å²) in [6.45, 7) is 0. The Bertz CT molecular complexity index is 482. The van der Waals surface area contributed by atoms with E-state index in [0.29, 0.717) is 17.9 Å². The van der Waals surface area contributed by atoms with Crippen LogP contribution in [0.4, 0.5) is 5.69 Å². The maximum absolute atomic E-state index is 12.1. The molecule has 0 unspecified atom stereocenters. The summed E-state index contributed by atoms with van der Waals surface area (Å²) in [6.07, 6.45) is 5.41. The molecule has 0 spiro atoms. The Balaban J connectivity index is 1.97. The van der Waals surface area contributed by atoms with Gasteiger partial charge in [-0.15, -0.1) is 0 Å². The highest BCUT2D eigenvalue weighted by atomic mass is 16.5. The van der Waals surface area contributed by atoms with Gasteiger partial charge in [0.15, 0.2) is 0 Å². The Morgan fingerprint density at radius 3 is 2.70 bits per heavy atom. The van der Waals surface area contributed by atoms with Gasteiger partial charge in [0.05, 0.1) is 12.8 Å². The number of phenolic OH excluding ortho intramolecular Hbond substituents is 1. The summed E-state index contributed by atoms with van der Waals surface area (Å²) < 4.78 is 5.00. The van der Waals surface area contributed by atoms with Crippen molar-refractivity contribution in [2.24, 2.45) is 5.73 Å². The van der Waals surface area contributed by atoms with Gasteiger partial charge in [-0.1, -0.05) is 19.3 Å². The molecule has 1 aliphatic carbocycles. The molecule has 0 aromatic heterocycles. The summed E-state index contributed by atoms with van der Waals surface area (Å²) in [5.74, 6) is 0.380. The monoisotopic (exact) mass is 278 g/mol. The first-order chi connectivity index (χ1) is 9.52. The van der Waals surface area contributed by atoms with Crippen LogP contribution >= 0.6 is 0 Å². The fourth-order valence-electron chi connectivity index (χ4n) is 2.69. The number of hydrogen-bond donors (Lipinski definition) is 3. The van der Waals surface area contributed by atoms with Gasteiger partial charge >= 0.3 is 0 Å². The number of methoxy groups -OCH3 is 1. The maximum atomic E-state index is 12.1. The van der Waals surface area contributed by atoms with Crippen LogP contribution in [0.1, 0.15) is 38.5 Å². The van der Waals surface area contributed by atoms with E-state index in [0.717, 1.165) is 25.7 Å². The number of rotatable bonds is 4. The number of phenols is 1. The highest BCUT2D eigenvalue weighted by Gasteiger charge is 2.30. The normalized spacial score (nSPS) is 17.5. The molecule has 4 N–H and O–H groups in total. The van der Waals surface area contributed by atoms with E-state index in [9.17, 15) is 9.90 Å². The molecule has 0 heterocycles. The minimum absolute atomic E-state index is 0.00702. The van der Waals surface area contributed by atoms with E-state index < -0.39 is 5.54 Å². The van der Waals surface area contributed by atoms with Crippen molar-refractivity contribution in [3.63, 3.8) is 0 Å². The summed E-state index contributed by atoms with van der Waals surface area (Å²) in [7, 11) is 1.52. The number of nitrogens with one attached hydrogen (secondary N) is 1. The van der Waals surface area contributed by atoms with Gasteiger partial charge in [0.2, 0.25) is 5.91 Å². The molecule has 1 fully saturated rings. The van der Waals surface area contributed by atoms with Crippen LogP contribution in [0, 0.1) is 0 Å². The van der Waals surface area contributed by atoms with Gasteiger partial charge in [0.25, 0.3) is 0 Å². The zero-order valence-electron chi connectivity index (χ0n) is 11.8. The molecule has 0 bridgehead atoms. The summed E-state index contributed by atoms with van der Waals surface area (Å²) in [5.41, 5.74) is 6.24. The van der Waals surface area contributed by atoms with Crippen molar-refractivity contribution in [2.75, 3.05) is 12.4 Å². The number of carbonyl (C=O) groups is 1. The SMILES string of the molecule is COc1ccc(NC(=O)CC2(N)CCCCC2)c(O)c1. The lowest BCUT2D eigenvalue weighted by atomic mass is 9.80. The predicted molar refractivity (Wildman–Crippen MR) is 77.9 cm³/mol. The Labute approximate surface area is 119 Å². The zero-order valence-corrected chi connectivity index (χ0v) is 11.8. The molecule has 0 aliphatic heterocycles. The van der Waals surface area contributed by atoms with E-state index in [1.807, 2.05) is 0 Å². The van der Waals surface area contributed by atoms with Crippen molar-refractivity contribution in [2.45, 2.75) is 44.1 Å². The van der Waals surface area contributed by atoms with Gasteiger partial charge < -0.3 is 20.9 Å². The molecule has 1 aromatic rings. The number of aromatic hydroxyl groups is 1.